The van der Waals surface area contributed by atoms with Crippen molar-refractivity contribution in [1.82, 2.24) is 19.9 Å². The van der Waals surface area contributed by atoms with Gasteiger partial charge in [-0.3, -0.25) is 4.79 Å². The topological polar surface area (TPSA) is 91.1 Å². The number of hydrogen-bond donors (Lipinski definition) is 2. The summed E-state index contributed by atoms with van der Waals surface area (Å²) in [5.41, 5.74) is 6.42. The van der Waals surface area contributed by atoms with Gasteiger partial charge in [0.15, 0.2) is 0 Å². The minimum Gasteiger partial charge on any atom is -0.351 e. The van der Waals surface area contributed by atoms with Crippen LogP contribution in [-0.2, 0) is 4.79 Å². The highest BCUT2D eigenvalue weighted by Crippen LogP contribution is 2.35. The van der Waals surface area contributed by atoms with E-state index in [2.05, 4.69) is 19.9 Å². The highest BCUT2D eigenvalue weighted by atomic mass is 16.2. The molecule has 1 amide bonds. The van der Waals surface area contributed by atoms with Crippen LogP contribution in [0.3, 0.4) is 0 Å². The first kappa shape index (κ1) is 13.5. The zero-order valence-corrected chi connectivity index (χ0v) is 12.4. The van der Waals surface area contributed by atoms with E-state index in [1.165, 1.54) is 0 Å². The number of rotatable bonds is 2. The Bertz CT molecular complexity index is 698. The number of nitrogens with two attached hydrogens (primary N) is 1. The maximum absolute atomic E-state index is 12.1. The smallest absolute Gasteiger partial charge is 0.236 e. The summed E-state index contributed by atoms with van der Waals surface area (Å²) in [7, 11) is 0. The third-order valence-electron chi connectivity index (χ3n) is 4.91. The van der Waals surface area contributed by atoms with E-state index >= 15 is 0 Å². The Morgan fingerprint density at radius 2 is 2.23 bits per heavy atom. The van der Waals surface area contributed by atoms with E-state index in [4.69, 9.17) is 5.73 Å². The lowest BCUT2D eigenvalue weighted by Crippen LogP contribution is -2.53. The van der Waals surface area contributed by atoms with Crippen molar-refractivity contribution in [2.45, 2.75) is 31.3 Å². The molecule has 0 bridgehead atoms. The van der Waals surface area contributed by atoms with Crippen LogP contribution in [0.1, 0.15) is 19.3 Å². The number of carbonyl (C=O) groups excluding carboxylic acids is 1. The molecule has 0 aromatic carbocycles. The number of nitrogens with one attached hydrogen (secondary N) is 1. The fourth-order valence-corrected chi connectivity index (χ4v) is 3.96. The molecular formula is C15H20N6O. The zero-order chi connectivity index (χ0) is 15.1. The predicted molar refractivity (Wildman–Crippen MR) is 83.4 cm³/mol. The number of amides is 1. The number of H-pyrrole nitrogens is 1. The predicted octanol–water partition coefficient (Wildman–Crippen LogP) is 0.486. The van der Waals surface area contributed by atoms with Crippen molar-refractivity contribution in [3.63, 3.8) is 0 Å². The van der Waals surface area contributed by atoms with Crippen LogP contribution in [0.15, 0.2) is 18.6 Å². The number of hydrogen-bond acceptors (Lipinski definition) is 5. The van der Waals surface area contributed by atoms with E-state index < -0.39 is 0 Å². The van der Waals surface area contributed by atoms with Gasteiger partial charge in [0.2, 0.25) is 5.91 Å². The molecule has 0 spiro atoms. The molecule has 2 atom stereocenters. The van der Waals surface area contributed by atoms with Gasteiger partial charge in [0.05, 0.1) is 24.0 Å². The Balaban J connectivity index is 1.67. The lowest BCUT2D eigenvalue weighted by Gasteiger charge is -2.40. The van der Waals surface area contributed by atoms with Gasteiger partial charge in [-0.2, -0.15) is 0 Å². The second-order valence-electron chi connectivity index (χ2n) is 5.99. The van der Waals surface area contributed by atoms with Crippen LogP contribution in [0.2, 0.25) is 0 Å². The summed E-state index contributed by atoms with van der Waals surface area (Å²) in [4.78, 5) is 28.3. The molecule has 7 heteroatoms. The number of anilines is 1. The van der Waals surface area contributed by atoms with Crippen molar-refractivity contribution >= 4 is 22.8 Å². The Morgan fingerprint density at radius 3 is 3.09 bits per heavy atom. The molecule has 7 nitrogen and oxygen atoms in total. The number of piperidine rings is 1. The van der Waals surface area contributed by atoms with Crippen molar-refractivity contribution in [3.05, 3.63) is 18.6 Å². The summed E-state index contributed by atoms with van der Waals surface area (Å²) < 4.78 is 0. The Kier molecular flexibility index (Phi) is 3.22. The molecule has 2 aromatic heterocycles. The van der Waals surface area contributed by atoms with E-state index in [1.54, 1.807) is 6.33 Å². The minimum atomic E-state index is 0.0611. The van der Waals surface area contributed by atoms with E-state index in [9.17, 15) is 4.79 Å². The largest absolute Gasteiger partial charge is 0.351 e. The van der Waals surface area contributed by atoms with E-state index in [1.807, 2.05) is 17.2 Å². The third kappa shape index (κ3) is 1.96. The Hall–Kier alpha value is -2.15. The summed E-state index contributed by atoms with van der Waals surface area (Å²) in [6.45, 7) is 1.84. The van der Waals surface area contributed by atoms with Crippen LogP contribution >= 0.6 is 0 Å². The fraction of sp³-hybridized carbons (Fsp3) is 0.533. The van der Waals surface area contributed by atoms with Gasteiger partial charge < -0.3 is 20.5 Å². The molecule has 0 saturated carbocycles. The van der Waals surface area contributed by atoms with E-state index in [0.717, 1.165) is 49.2 Å². The Labute approximate surface area is 128 Å². The Morgan fingerprint density at radius 1 is 1.32 bits per heavy atom. The molecule has 2 aliphatic rings. The van der Waals surface area contributed by atoms with E-state index in [-0.39, 0.29) is 18.5 Å². The third-order valence-corrected chi connectivity index (χ3v) is 4.91. The second-order valence-corrected chi connectivity index (χ2v) is 5.99. The number of likely N-dealkylation sites (tertiary alicyclic amines) is 1. The van der Waals surface area contributed by atoms with Crippen LogP contribution in [0, 0.1) is 0 Å². The summed E-state index contributed by atoms with van der Waals surface area (Å²) in [6.07, 6.45) is 6.58. The maximum Gasteiger partial charge on any atom is 0.236 e. The number of aromatic nitrogens is 3. The standard InChI is InChI=1S/C15H20N6O/c16-8-13(22)20-6-1-2-11-12(20)4-7-21(11)15-10-3-5-17-14(10)18-9-19-15/h3,5,9,11-12H,1-2,4,6-8,16H2,(H,17,18,19). The quantitative estimate of drug-likeness (QED) is 0.842. The van der Waals surface area contributed by atoms with Crippen LogP contribution < -0.4 is 10.6 Å². The fourth-order valence-electron chi connectivity index (χ4n) is 3.96. The average Bonchev–Trinajstić information content (AvgIpc) is 3.19. The molecule has 2 aliphatic heterocycles. The molecule has 4 heterocycles. The van der Waals surface area contributed by atoms with Gasteiger partial charge in [0, 0.05) is 19.3 Å². The van der Waals surface area contributed by atoms with Gasteiger partial charge in [-0.25, -0.2) is 9.97 Å². The highest BCUT2D eigenvalue weighted by molar-refractivity contribution is 5.87. The van der Waals surface area contributed by atoms with Crippen molar-refractivity contribution in [1.29, 1.82) is 0 Å². The normalized spacial score (nSPS) is 24.8. The number of nitrogens with zero attached hydrogens (tertiary/aromatic N) is 4. The van der Waals surface area contributed by atoms with Crippen LogP contribution in [-0.4, -0.2) is 57.5 Å². The monoisotopic (exact) mass is 300 g/mol. The minimum absolute atomic E-state index is 0.0611. The first-order valence-corrected chi connectivity index (χ1v) is 7.84. The molecule has 4 rings (SSSR count). The lowest BCUT2D eigenvalue weighted by atomic mass is 9.96. The summed E-state index contributed by atoms with van der Waals surface area (Å²) in [6, 6.07) is 2.61. The van der Waals surface area contributed by atoms with Crippen molar-refractivity contribution in [2.75, 3.05) is 24.5 Å². The van der Waals surface area contributed by atoms with E-state index in [0.29, 0.717) is 6.04 Å². The van der Waals surface area contributed by atoms with Crippen molar-refractivity contribution in [3.8, 4) is 0 Å². The van der Waals surface area contributed by atoms with Gasteiger partial charge in [-0.15, -0.1) is 0 Å². The SMILES string of the molecule is NCC(=O)N1CCCC2C1CCN2c1ncnc2[nH]ccc12. The number of carbonyl (C=O) groups is 1. The molecule has 2 aromatic rings. The number of fused-ring (bicyclic) bond motifs is 2. The summed E-state index contributed by atoms with van der Waals surface area (Å²) in [5, 5.41) is 1.05. The van der Waals surface area contributed by atoms with Gasteiger partial charge >= 0.3 is 0 Å². The van der Waals surface area contributed by atoms with Gasteiger partial charge in [0.1, 0.15) is 17.8 Å². The first-order chi connectivity index (χ1) is 10.8. The summed E-state index contributed by atoms with van der Waals surface area (Å²) in [5.74, 6) is 1.03. The highest BCUT2D eigenvalue weighted by Gasteiger charge is 2.42. The van der Waals surface area contributed by atoms with Crippen LogP contribution in [0.5, 0.6) is 0 Å². The molecule has 2 fully saturated rings. The summed E-state index contributed by atoms with van der Waals surface area (Å²) >= 11 is 0. The molecule has 22 heavy (non-hydrogen) atoms. The van der Waals surface area contributed by atoms with Crippen molar-refractivity contribution < 1.29 is 4.79 Å². The zero-order valence-electron chi connectivity index (χ0n) is 12.4. The van der Waals surface area contributed by atoms with Crippen LogP contribution in [0.4, 0.5) is 5.82 Å². The molecular weight excluding hydrogens is 280 g/mol. The van der Waals surface area contributed by atoms with Crippen LogP contribution in [0.25, 0.3) is 11.0 Å². The number of aromatic amines is 1. The molecule has 3 N–H and O–H groups in total. The lowest BCUT2D eigenvalue weighted by molar-refractivity contribution is -0.133. The molecule has 0 radical (unpaired) electrons. The van der Waals surface area contributed by atoms with Gasteiger partial charge in [-0.05, 0) is 25.3 Å². The maximum atomic E-state index is 12.1. The van der Waals surface area contributed by atoms with Gasteiger partial charge in [-0.1, -0.05) is 0 Å². The average molecular weight is 300 g/mol. The first-order valence-electron chi connectivity index (χ1n) is 7.84. The molecule has 0 aliphatic carbocycles. The second kappa shape index (κ2) is 5.24. The van der Waals surface area contributed by atoms with Crippen molar-refractivity contribution in [2.24, 2.45) is 5.73 Å². The van der Waals surface area contributed by atoms with Gasteiger partial charge in [0.25, 0.3) is 0 Å². The molecule has 2 saturated heterocycles. The molecule has 116 valence electrons. The molecule has 2 unspecified atom stereocenters.